The number of hydrogen-bond acceptors (Lipinski definition) is 2. The van der Waals surface area contributed by atoms with Gasteiger partial charge in [0.2, 0.25) is 5.37 Å². The molecule has 0 aromatic carbocycles. The predicted octanol–water partition coefficient (Wildman–Crippen LogP) is 3.53. The molecule has 0 aromatic rings. The van der Waals surface area contributed by atoms with Gasteiger partial charge >= 0.3 is 0 Å². The number of nitrogens with zero attached hydrogens (tertiary/aromatic N) is 2. The molecule has 0 radical (unpaired) electrons. The molecule has 0 saturated heterocycles. The average molecular weight is 257 g/mol. The fraction of sp³-hybridized carbons (Fsp3) is 0.857. The summed E-state index contributed by atoms with van der Waals surface area (Å²) in [7, 11) is 0. The molecular weight excluding hydrogens is 228 g/mol. The Morgan fingerprint density at radius 2 is 1.53 bits per heavy atom. The van der Waals surface area contributed by atoms with Crippen LogP contribution in [0.1, 0.15) is 61.3 Å². The van der Waals surface area contributed by atoms with Crippen molar-refractivity contribution in [3.05, 3.63) is 12.4 Å². The van der Waals surface area contributed by atoms with Crippen molar-refractivity contribution in [2.75, 3.05) is 0 Å². The molecule has 0 N–H and O–H groups in total. The molecule has 0 amide bonds. The molecule has 0 saturated carbocycles. The Morgan fingerprint density at radius 1 is 1.00 bits per heavy atom. The van der Waals surface area contributed by atoms with Crippen LogP contribution in [0, 0.1) is 0 Å². The molecule has 0 unspecified atom stereocenters. The first-order valence-corrected chi connectivity index (χ1v) is 7.63. The maximum atomic E-state index is 2.50. The molecule has 2 nitrogen and oxygen atoms in total. The van der Waals surface area contributed by atoms with E-state index in [1.807, 2.05) is 0 Å². The molecule has 3 heteroatoms. The van der Waals surface area contributed by atoms with Crippen LogP contribution in [0.5, 0.6) is 0 Å². The molecule has 1 aliphatic heterocycles. The highest BCUT2D eigenvalue weighted by atomic mass is 32.2. The van der Waals surface area contributed by atoms with E-state index in [9.17, 15) is 0 Å². The van der Waals surface area contributed by atoms with Gasteiger partial charge < -0.3 is 4.90 Å². The maximum Gasteiger partial charge on any atom is 0.210 e. The van der Waals surface area contributed by atoms with Gasteiger partial charge in [0.15, 0.2) is 0 Å². The van der Waals surface area contributed by atoms with E-state index in [0.717, 1.165) is 0 Å². The molecule has 0 spiro atoms. The van der Waals surface area contributed by atoms with Crippen molar-refractivity contribution >= 4 is 11.9 Å². The predicted molar refractivity (Wildman–Crippen MR) is 79.8 cm³/mol. The van der Waals surface area contributed by atoms with Crippen LogP contribution in [-0.2, 0) is 11.9 Å². The summed E-state index contributed by atoms with van der Waals surface area (Å²) in [6, 6.07) is 0. The van der Waals surface area contributed by atoms with Crippen molar-refractivity contribution in [3.8, 4) is 0 Å². The third-order valence-corrected chi connectivity index (χ3v) is 5.62. The Labute approximate surface area is 112 Å². The molecule has 1 heterocycles. The van der Waals surface area contributed by atoms with Crippen molar-refractivity contribution in [3.63, 3.8) is 0 Å². The van der Waals surface area contributed by atoms with E-state index in [4.69, 9.17) is 0 Å². The Kier molecular flexibility index (Phi) is 4.45. The lowest BCUT2D eigenvalue weighted by atomic mass is 9.99. The Bertz CT molecular complexity index is 284. The lowest BCUT2D eigenvalue weighted by molar-refractivity contribution is 0.156. The molecule has 1 rings (SSSR count). The summed E-state index contributed by atoms with van der Waals surface area (Å²) in [5, 5.41) is 0.556. The van der Waals surface area contributed by atoms with E-state index in [1.165, 1.54) is 24.8 Å². The molecule has 0 aromatic heterocycles. The second kappa shape index (κ2) is 5.13. The first kappa shape index (κ1) is 14.7. The van der Waals surface area contributed by atoms with E-state index in [0.29, 0.717) is 5.37 Å². The van der Waals surface area contributed by atoms with Gasteiger partial charge in [-0.15, -0.1) is 0 Å². The van der Waals surface area contributed by atoms with Crippen LogP contribution in [0.3, 0.4) is 0 Å². The topological polar surface area (TPSA) is 6.48 Å². The minimum atomic E-state index is 0.255. The molecule has 1 atom stereocenters. The first-order chi connectivity index (χ1) is 7.74. The summed E-state index contributed by atoms with van der Waals surface area (Å²) in [5.74, 6) is 0. The summed E-state index contributed by atoms with van der Waals surface area (Å²) in [4.78, 5) is 2.50. The van der Waals surface area contributed by atoms with Crippen LogP contribution in [0.4, 0.5) is 0 Å². The van der Waals surface area contributed by atoms with Crippen molar-refractivity contribution in [2.45, 2.75) is 77.8 Å². The summed E-state index contributed by atoms with van der Waals surface area (Å²) in [6.07, 6.45) is 6.90. The zero-order valence-electron chi connectivity index (χ0n) is 12.5. The molecule has 0 fully saturated rings. The van der Waals surface area contributed by atoms with E-state index in [-0.39, 0.29) is 11.1 Å². The Hall–Kier alpha value is -0.310. The van der Waals surface area contributed by atoms with Crippen molar-refractivity contribution in [2.24, 2.45) is 0 Å². The zero-order valence-corrected chi connectivity index (χ0v) is 13.4. The molecule has 1 aliphatic rings. The quantitative estimate of drug-likeness (QED) is 0.561. The number of hydrogen-bond donors (Lipinski definition) is 0. The average Bonchev–Trinajstić information content (AvgIpc) is 2.28. The van der Waals surface area contributed by atoms with Crippen LogP contribution in [0.25, 0.3) is 0 Å². The third kappa shape index (κ3) is 3.12. The summed E-state index contributed by atoms with van der Waals surface area (Å²) in [6.45, 7) is 16.1. The van der Waals surface area contributed by atoms with Gasteiger partial charge in [-0.05, 0) is 40.5 Å². The third-order valence-electron chi connectivity index (χ3n) is 4.11. The van der Waals surface area contributed by atoms with Crippen LogP contribution in [0.15, 0.2) is 12.4 Å². The Balaban J connectivity index is 2.84. The van der Waals surface area contributed by atoms with Gasteiger partial charge in [0.05, 0.1) is 11.7 Å². The van der Waals surface area contributed by atoms with Gasteiger partial charge in [0.25, 0.3) is 0 Å². The Morgan fingerprint density at radius 3 is 1.94 bits per heavy atom. The largest absolute Gasteiger partial charge is 0.325 e. The van der Waals surface area contributed by atoms with Gasteiger partial charge in [0, 0.05) is 18.7 Å². The minimum absolute atomic E-state index is 0.255. The molecule has 100 valence electrons. The van der Waals surface area contributed by atoms with Gasteiger partial charge in [0.1, 0.15) is 11.9 Å². The normalized spacial score (nSPS) is 22.2. The van der Waals surface area contributed by atoms with Crippen LogP contribution < -0.4 is 0 Å². The maximum absolute atomic E-state index is 2.50. The van der Waals surface area contributed by atoms with Crippen LogP contribution in [0.2, 0.25) is 0 Å². The lowest BCUT2D eigenvalue weighted by Gasteiger charge is -2.43. The zero-order chi connectivity index (χ0) is 13.3. The number of thiol groups is 1. The lowest BCUT2D eigenvalue weighted by Crippen LogP contribution is -2.53. The SMILES string of the molecule is CCC(C)(C)N1C=CN(C(C)(C)CC)[C@@H](C)[SH+]1. The molecule has 17 heavy (non-hydrogen) atoms. The summed E-state index contributed by atoms with van der Waals surface area (Å²) in [5.41, 5.74) is 0.514. The highest BCUT2D eigenvalue weighted by molar-refractivity contribution is 7.76. The van der Waals surface area contributed by atoms with E-state index >= 15 is 0 Å². The van der Waals surface area contributed by atoms with Crippen molar-refractivity contribution in [1.82, 2.24) is 9.21 Å². The van der Waals surface area contributed by atoms with E-state index < -0.39 is 0 Å². The second-order valence-electron chi connectivity index (χ2n) is 6.13. The highest BCUT2D eigenvalue weighted by Crippen LogP contribution is 2.30. The standard InChI is InChI=1S/C14H28N2S/c1-8-13(4,5)15-10-11-16(17-12(15)3)14(6,7)9-2/h10-12H,8-9H2,1-7H3/p+1/t12-/m1/s1. The smallest absolute Gasteiger partial charge is 0.210 e. The van der Waals surface area contributed by atoms with Crippen LogP contribution >= 0.6 is 0 Å². The first-order valence-electron chi connectivity index (χ1n) is 6.71. The van der Waals surface area contributed by atoms with Gasteiger partial charge in [-0.25, -0.2) is 0 Å². The van der Waals surface area contributed by atoms with E-state index in [2.05, 4.69) is 70.1 Å². The minimum Gasteiger partial charge on any atom is -0.325 e. The van der Waals surface area contributed by atoms with Gasteiger partial charge in [-0.1, -0.05) is 13.8 Å². The molecule has 0 aliphatic carbocycles. The van der Waals surface area contributed by atoms with E-state index in [1.54, 1.807) is 0 Å². The van der Waals surface area contributed by atoms with Gasteiger partial charge in [-0.2, -0.15) is 4.31 Å². The van der Waals surface area contributed by atoms with Crippen molar-refractivity contribution < 1.29 is 0 Å². The fourth-order valence-corrected chi connectivity index (χ4v) is 3.40. The number of rotatable bonds is 4. The molecule has 0 bridgehead atoms. The summed E-state index contributed by atoms with van der Waals surface area (Å²) >= 11 is 1.40. The molecular formula is C14H29N2S+. The summed E-state index contributed by atoms with van der Waals surface area (Å²) < 4.78 is 2.46. The fourth-order valence-electron chi connectivity index (χ4n) is 1.94. The van der Waals surface area contributed by atoms with Crippen LogP contribution in [-0.4, -0.2) is 25.7 Å². The second-order valence-corrected chi connectivity index (χ2v) is 7.54. The highest BCUT2D eigenvalue weighted by Gasteiger charge is 2.39. The van der Waals surface area contributed by atoms with Gasteiger partial charge in [-0.3, -0.25) is 0 Å². The van der Waals surface area contributed by atoms with Crippen molar-refractivity contribution in [1.29, 1.82) is 0 Å². The monoisotopic (exact) mass is 257 g/mol.